The average Bonchev–Trinajstić information content (AvgIpc) is 1.63. The number of hydrogen-bond donors (Lipinski definition) is 4. The third kappa shape index (κ3) is 4.94. The quantitative estimate of drug-likeness (QED) is 0.217. The second-order valence-electron chi connectivity index (χ2n) is 1.01. The molecule has 52 valence electrons. The number of rotatable bonds is 1. The van der Waals surface area contributed by atoms with Crippen molar-refractivity contribution in [1.82, 2.24) is 10.8 Å². The summed E-state index contributed by atoms with van der Waals surface area (Å²) in [6.45, 7) is 0. The van der Waals surface area contributed by atoms with Crippen LogP contribution >= 0.6 is 12.2 Å². The van der Waals surface area contributed by atoms with Gasteiger partial charge in [0, 0.05) is 0 Å². The van der Waals surface area contributed by atoms with E-state index in [9.17, 15) is 4.79 Å². The molecule has 0 aliphatic carbocycles. The minimum absolute atomic E-state index is 0.204. The van der Waals surface area contributed by atoms with E-state index >= 15 is 0 Å². The third-order valence-electron chi connectivity index (χ3n) is 0.375. The van der Waals surface area contributed by atoms with Crippen LogP contribution in [-0.2, 0) is 4.99 Å². The zero-order valence-corrected chi connectivity index (χ0v) is 5.07. The summed E-state index contributed by atoms with van der Waals surface area (Å²) < 4.78 is 0. The van der Waals surface area contributed by atoms with Crippen LogP contribution in [-0.4, -0.2) is 16.4 Å². The highest BCUT2D eigenvalue weighted by molar-refractivity contribution is 7.80. The van der Waals surface area contributed by atoms with Crippen molar-refractivity contribution in [2.45, 2.75) is 0 Å². The number of thiocarbonyl (C=S) groups is 1. The summed E-state index contributed by atoms with van der Waals surface area (Å²) >= 11 is 4.32. The first-order valence-corrected chi connectivity index (χ1v) is 2.24. The molecular formula is C2H5N3O3S. The number of nitrogens with one attached hydrogen (secondary N) is 2. The molecule has 0 heterocycles. The van der Waals surface area contributed by atoms with Crippen LogP contribution in [0.1, 0.15) is 0 Å². The lowest BCUT2D eigenvalue weighted by molar-refractivity contribution is -0.273. The fourth-order valence-corrected chi connectivity index (χ4v) is 0.317. The summed E-state index contributed by atoms with van der Waals surface area (Å²) in [5.41, 5.74) is 6.36. The van der Waals surface area contributed by atoms with E-state index in [4.69, 9.17) is 5.26 Å². The van der Waals surface area contributed by atoms with Gasteiger partial charge in [-0.05, 0) is 12.2 Å². The first-order chi connectivity index (χ1) is 4.16. The van der Waals surface area contributed by atoms with E-state index in [-0.39, 0.29) is 5.11 Å². The maximum absolute atomic E-state index is 9.93. The molecule has 7 heteroatoms. The van der Waals surface area contributed by atoms with E-state index in [1.165, 1.54) is 0 Å². The van der Waals surface area contributed by atoms with Crippen molar-refractivity contribution in [2.24, 2.45) is 5.73 Å². The molecule has 2 amide bonds. The summed E-state index contributed by atoms with van der Waals surface area (Å²) in [6.07, 6.45) is 0. The van der Waals surface area contributed by atoms with Crippen LogP contribution in [0.2, 0.25) is 0 Å². The summed E-state index contributed by atoms with van der Waals surface area (Å²) in [5, 5.41) is 9.37. The van der Waals surface area contributed by atoms with Gasteiger partial charge in [0.25, 0.3) is 0 Å². The zero-order valence-electron chi connectivity index (χ0n) is 4.25. The van der Waals surface area contributed by atoms with E-state index in [0.717, 1.165) is 0 Å². The molecule has 5 N–H and O–H groups in total. The molecular weight excluding hydrogens is 146 g/mol. The van der Waals surface area contributed by atoms with E-state index < -0.39 is 6.03 Å². The smallest absolute Gasteiger partial charge is 0.318 e. The molecule has 0 aliphatic rings. The molecule has 6 nitrogen and oxygen atoms in total. The maximum Gasteiger partial charge on any atom is 0.318 e. The molecule has 0 atom stereocenters. The molecule has 9 heavy (non-hydrogen) atoms. The largest absolute Gasteiger partial charge is 0.351 e. The van der Waals surface area contributed by atoms with Crippen molar-refractivity contribution in [3.05, 3.63) is 0 Å². The van der Waals surface area contributed by atoms with Crippen molar-refractivity contribution >= 4 is 23.4 Å². The molecule has 0 aromatic carbocycles. The maximum atomic E-state index is 9.93. The first-order valence-electron chi connectivity index (χ1n) is 1.83. The van der Waals surface area contributed by atoms with Crippen molar-refractivity contribution < 1.29 is 15.0 Å². The zero-order chi connectivity index (χ0) is 7.28. The van der Waals surface area contributed by atoms with Crippen molar-refractivity contribution in [3.8, 4) is 0 Å². The molecule has 0 aromatic heterocycles. The highest BCUT2D eigenvalue weighted by Gasteiger charge is 1.95. The predicted octanol–water partition coefficient (Wildman–Crippen LogP) is -1.07. The number of amides is 2. The first kappa shape index (κ1) is 8.08. The monoisotopic (exact) mass is 151 g/mol. The Kier molecular flexibility index (Phi) is 3.60. The molecule has 0 saturated heterocycles. The van der Waals surface area contributed by atoms with Gasteiger partial charge in [-0.1, -0.05) is 0 Å². The van der Waals surface area contributed by atoms with Gasteiger partial charge >= 0.3 is 6.03 Å². The van der Waals surface area contributed by atoms with Gasteiger partial charge in [0.05, 0.1) is 0 Å². The predicted molar refractivity (Wildman–Crippen MR) is 32.2 cm³/mol. The normalized spacial score (nSPS) is 8.11. The fourth-order valence-electron chi connectivity index (χ4n) is 0.179. The molecule has 0 fully saturated rings. The number of nitrogens with two attached hydrogens (primary N) is 1. The number of carbonyl (C=O) groups is 1. The average molecular weight is 151 g/mol. The summed E-state index contributed by atoms with van der Waals surface area (Å²) in [6, 6.07) is -0.829. The van der Waals surface area contributed by atoms with Crippen LogP contribution in [0.5, 0.6) is 0 Å². The number of urea groups is 1. The summed E-state index contributed by atoms with van der Waals surface area (Å²) in [7, 11) is 0. The Balaban J connectivity index is 3.39. The van der Waals surface area contributed by atoms with Crippen molar-refractivity contribution in [1.29, 1.82) is 0 Å². The van der Waals surface area contributed by atoms with Gasteiger partial charge < -0.3 is 5.73 Å². The molecule has 0 rings (SSSR count). The van der Waals surface area contributed by atoms with Gasteiger partial charge in [-0.15, -0.1) is 4.99 Å². The van der Waals surface area contributed by atoms with Crippen LogP contribution in [0.3, 0.4) is 0 Å². The summed E-state index contributed by atoms with van der Waals surface area (Å²) in [4.78, 5) is 13.3. The highest BCUT2D eigenvalue weighted by Crippen LogP contribution is 1.63. The molecule has 0 saturated carbocycles. The van der Waals surface area contributed by atoms with E-state index in [1.54, 1.807) is 5.48 Å². The third-order valence-corrected chi connectivity index (χ3v) is 0.560. The van der Waals surface area contributed by atoms with Gasteiger partial charge in [-0.25, -0.2) is 15.5 Å². The van der Waals surface area contributed by atoms with E-state index in [1.807, 2.05) is 5.32 Å². The van der Waals surface area contributed by atoms with Crippen LogP contribution < -0.4 is 16.5 Å². The lowest BCUT2D eigenvalue weighted by Gasteiger charge is -2.00. The lowest BCUT2D eigenvalue weighted by Crippen LogP contribution is -2.41. The Bertz CT molecular complexity index is 126. The topological polar surface area (TPSA) is 96.6 Å². The van der Waals surface area contributed by atoms with Gasteiger partial charge in [0.1, 0.15) is 0 Å². The highest BCUT2D eigenvalue weighted by atomic mass is 32.1. The van der Waals surface area contributed by atoms with Crippen LogP contribution in [0, 0.1) is 0 Å². The molecule has 0 aliphatic heterocycles. The van der Waals surface area contributed by atoms with Crippen molar-refractivity contribution in [3.63, 3.8) is 0 Å². The van der Waals surface area contributed by atoms with E-state index in [2.05, 4.69) is 22.9 Å². The minimum atomic E-state index is -0.829. The Hall–Kier alpha value is -0.920. The van der Waals surface area contributed by atoms with Crippen LogP contribution in [0.4, 0.5) is 4.79 Å². The van der Waals surface area contributed by atoms with Crippen molar-refractivity contribution in [2.75, 3.05) is 0 Å². The SMILES string of the molecule is NC(=O)NC(=S)NOO. The van der Waals surface area contributed by atoms with Crippen LogP contribution in [0.15, 0.2) is 0 Å². The number of hydroxylamine groups is 1. The Morgan fingerprint density at radius 3 is 2.67 bits per heavy atom. The van der Waals surface area contributed by atoms with E-state index in [0.29, 0.717) is 0 Å². The van der Waals surface area contributed by atoms with Gasteiger partial charge in [-0.3, -0.25) is 5.32 Å². The number of primary amides is 1. The van der Waals surface area contributed by atoms with Gasteiger partial charge in [0.15, 0.2) is 0 Å². The second-order valence-corrected chi connectivity index (χ2v) is 1.42. The number of carbonyl (C=O) groups excluding carboxylic acids is 1. The lowest BCUT2D eigenvalue weighted by atomic mass is 11.0. The second kappa shape index (κ2) is 4.01. The molecule has 0 unspecified atom stereocenters. The Labute approximate surface area is 55.9 Å². The Morgan fingerprint density at radius 1 is 1.78 bits per heavy atom. The molecule has 0 bridgehead atoms. The standard InChI is InChI=1S/C2H5N3O3S/c3-1(6)4-2(9)5-8-7/h7H,(H4,3,4,5,6,9). The fraction of sp³-hybridized carbons (Fsp3) is 0. The van der Waals surface area contributed by atoms with Crippen LogP contribution in [0.25, 0.3) is 0 Å². The minimum Gasteiger partial charge on any atom is -0.351 e. The van der Waals surface area contributed by atoms with Gasteiger partial charge in [-0.2, -0.15) is 0 Å². The summed E-state index contributed by atoms with van der Waals surface area (Å²) in [5.74, 6) is 0. The molecule has 0 spiro atoms. The Morgan fingerprint density at radius 2 is 2.33 bits per heavy atom. The number of hydrogen-bond acceptors (Lipinski definition) is 4. The van der Waals surface area contributed by atoms with Gasteiger partial charge in [0.2, 0.25) is 5.11 Å². The molecule has 0 radical (unpaired) electrons. The molecule has 0 aromatic rings.